The van der Waals surface area contributed by atoms with Gasteiger partial charge in [-0.2, -0.15) is 11.8 Å². The van der Waals surface area contributed by atoms with Crippen LogP contribution >= 0.6 is 11.8 Å². The van der Waals surface area contributed by atoms with Crippen molar-refractivity contribution >= 4 is 11.8 Å². The van der Waals surface area contributed by atoms with Gasteiger partial charge >= 0.3 is 0 Å². The summed E-state index contributed by atoms with van der Waals surface area (Å²) in [7, 11) is 0. The van der Waals surface area contributed by atoms with Crippen LogP contribution in [0.15, 0.2) is 0 Å². The Hall–Kier alpha value is 0.270. The van der Waals surface area contributed by atoms with Crippen molar-refractivity contribution in [1.29, 1.82) is 0 Å². The van der Waals surface area contributed by atoms with Crippen LogP contribution in [0.1, 0.15) is 39.5 Å². The molecular formula is C14H28N2S. The van der Waals surface area contributed by atoms with E-state index in [-0.39, 0.29) is 0 Å². The summed E-state index contributed by atoms with van der Waals surface area (Å²) < 4.78 is 0. The van der Waals surface area contributed by atoms with Crippen molar-refractivity contribution < 1.29 is 0 Å². The molecule has 100 valence electrons. The van der Waals surface area contributed by atoms with Crippen LogP contribution in [0.3, 0.4) is 0 Å². The number of nitrogens with zero attached hydrogens (tertiary/aromatic N) is 1. The highest BCUT2D eigenvalue weighted by molar-refractivity contribution is 7.98. The Morgan fingerprint density at radius 2 is 1.94 bits per heavy atom. The number of piperidine rings is 1. The topological polar surface area (TPSA) is 15.3 Å². The zero-order valence-electron chi connectivity index (χ0n) is 11.6. The Bertz CT molecular complexity index is 220. The Labute approximate surface area is 111 Å². The smallest absolute Gasteiger partial charge is 0.0114 e. The SMILES string of the molecule is CCNC1CC2CCC(C1)N2CC(C)CSC. The molecule has 17 heavy (non-hydrogen) atoms. The normalized spacial score (nSPS) is 35.1. The van der Waals surface area contributed by atoms with Gasteiger partial charge in [0.25, 0.3) is 0 Å². The second kappa shape index (κ2) is 6.44. The highest BCUT2D eigenvalue weighted by Crippen LogP contribution is 2.36. The minimum atomic E-state index is 0.796. The molecule has 3 unspecified atom stereocenters. The third-order valence-electron chi connectivity index (χ3n) is 4.35. The van der Waals surface area contributed by atoms with Crippen LogP contribution < -0.4 is 5.32 Å². The maximum atomic E-state index is 3.65. The summed E-state index contributed by atoms with van der Waals surface area (Å²) in [5.74, 6) is 2.16. The first kappa shape index (κ1) is 13.7. The van der Waals surface area contributed by atoms with Crippen molar-refractivity contribution in [3.8, 4) is 0 Å². The van der Waals surface area contributed by atoms with E-state index in [1.165, 1.54) is 38.0 Å². The third-order valence-corrected chi connectivity index (χ3v) is 5.25. The van der Waals surface area contributed by atoms with Crippen LogP contribution in [0.2, 0.25) is 0 Å². The first-order valence-corrected chi connectivity index (χ1v) is 8.62. The second-order valence-electron chi connectivity index (χ2n) is 5.87. The largest absolute Gasteiger partial charge is 0.314 e. The monoisotopic (exact) mass is 256 g/mol. The summed E-state index contributed by atoms with van der Waals surface area (Å²) in [5.41, 5.74) is 0. The lowest BCUT2D eigenvalue weighted by atomic mass is 9.96. The maximum Gasteiger partial charge on any atom is 0.0114 e. The summed E-state index contributed by atoms with van der Waals surface area (Å²) in [5, 5.41) is 3.65. The average molecular weight is 256 g/mol. The molecule has 0 aromatic carbocycles. The molecule has 0 spiro atoms. The van der Waals surface area contributed by atoms with E-state index in [1.54, 1.807) is 0 Å². The molecule has 2 aliphatic heterocycles. The second-order valence-corrected chi connectivity index (χ2v) is 6.78. The van der Waals surface area contributed by atoms with Crippen molar-refractivity contribution in [2.75, 3.05) is 25.1 Å². The predicted octanol–water partition coefficient (Wildman–Crippen LogP) is 2.59. The standard InChI is InChI=1S/C14H28N2S/c1-4-15-12-7-13-5-6-14(8-12)16(13)9-11(2)10-17-3/h11-15H,4-10H2,1-3H3. The molecule has 0 saturated carbocycles. The van der Waals surface area contributed by atoms with Crippen LogP contribution in [0.4, 0.5) is 0 Å². The highest BCUT2D eigenvalue weighted by atomic mass is 32.2. The number of rotatable bonds is 6. The molecule has 2 nitrogen and oxygen atoms in total. The lowest BCUT2D eigenvalue weighted by Gasteiger charge is -2.40. The van der Waals surface area contributed by atoms with Gasteiger partial charge in [-0.3, -0.25) is 4.90 Å². The summed E-state index contributed by atoms with van der Waals surface area (Å²) >= 11 is 1.99. The Kier molecular flexibility index (Phi) is 5.19. The molecule has 0 aromatic rings. The van der Waals surface area contributed by atoms with Gasteiger partial charge in [0.15, 0.2) is 0 Å². The molecule has 0 aliphatic carbocycles. The Morgan fingerprint density at radius 3 is 2.47 bits per heavy atom. The molecular weight excluding hydrogens is 228 g/mol. The first-order chi connectivity index (χ1) is 8.24. The molecule has 0 radical (unpaired) electrons. The fourth-order valence-electron chi connectivity index (χ4n) is 3.72. The van der Waals surface area contributed by atoms with Gasteiger partial charge < -0.3 is 5.32 Å². The van der Waals surface area contributed by atoms with Crippen molar-refractivity contribution in [2.45, 2.75) is 57.7 Å². The summed E-state index contributed by atoms with van der Waals surface area (Å²) in [4.78, 5) is 2.83. The van der Waals surface area contributed by atoms with E-state index < -0.39 is 0 Å². The van der Waals surface area contributed by atoms with E-state index in [9.17, 15) is 0 Å². The molecule has 2 saturated heterocycles. The maximum absolute atomic E-state index is 3.65. The zero-order valence-corrected chi connectivity index (χ0v) is 12.4. The van der Waals surface area contributed by atoms with E-state index in [1.807, 2.05) is 11.8 Å². The van der Waals surface area contributed by atoms with Gasteiger partial charge in [0.1, 0.15) is 0 Å². The van der Waals surface area contributed by atoms with Crippen LogP contribution in [-0.2, 0) is 0 Å². The van der Waals surface area contributed by atoms with Crippen LogP contribution in [0.5, 0.6) is 0 Å². The minimum absolute atomic E-state index is 0.796. The number of fused-ring (bicyclic) bond motifs is 2. The minimum Gasteiger partial charge on any atom is -0.314 e. The first-order valence-electron chi connectivity index (χ1n) is 7.22. The molecule has 0 amide bonds. The van der Waals surface area contributed by atoms with Gasteiger partial charge in [-0.1, -0.05) is 13.8 Å². The molecule has 3 heteroatoms. The van der Waals surface area contributed by atoms with Crippen molar-refractivity contribution in [2.24, 2.45) is 5.92 Å². The van der Waals surface area contributed by atoms with Crippen LogP contribution in [0.25, 0.3) is 0 Å². The molecule has 1 N–H and O–H groups in total. The highest BCUT2D eigenvalue weighted by Gasteiger charge is 2.40. The zero-order chi connectivity index (χ0) is 12.3. The lowest BCUT2D eigenvalue weighted by molar-refractivity contribution is 0.105. The van der Waals surface area contributed by atoms with Crippen molar-refractivity contribution in [3.63, 3.8) is 0 Å². The van der Waals surface area contributed by atoms with Crippen LogP contribution in [-0.4, -0.2) is 48.1 Å². The molecule has 2 rings (SSSR count). The van der Waals surface area contributed by atoms with E-state index in [4.69, 9.17) is 0 Å². The van der Waals surface area contributed by atoms with Crippen molar-refractivity contribution in [3.05, 3.63) is 0 Å². The number of hydrogen-bond acceptors (Lipinski definition) is 3. The van der Waals surface area contributed by atoms with Crippen LogP contribution in [0, 0.1) is 5.92 Å². The van der Waals surface area contributed by atoms with E-state index in [0.29, 0.717) is 0 Å². The molecule has 2 fully saturated rings. The van der Waals surface area contributed by atoms with Gasteiger partial charge in [0.2, 0.25) is 0 Å². The number of hydrogen-bond donors (Lipinski definition) is 1. The predicted molar refractivity (Wildman–Crippen MR) is 77.8 cm³/mol. The molecule has 2 bridgehead atoms. The fourth-order valence-corrected chi connectivity index (χ4v) is 4.40. The van der Waals surface area contributed by atoms with E-state index in [2.05, 4.69) is 30.3 Å². The lowest BCUT2D eigenvalue weighted by Crippen LogP contribution is -2.50. The Balaban J connectivity index is 1.85. The quantitative estimate of drug-likeness (QED) is 0.786. The van der Waals surface area contributed by atoms with E-state index in [0.717, 1.165) is 30.6 Å². The van der Waals surface area contributed by atoms with Gasteiger partial charge in [0, 0.05) is 24.7 Å². The van der Waals surface area contributed by atoms with Gasteiger partial charge in [-0.25, -0.2) is 0 Å². The van der Waals surface area contributed by atoms with Gasteiger partial charge in [0.05, 0.1) is 0 Å². The summed E-state index contributed by atoms with van der Waals surface area (Å²) in [6.45, 7) is 7.10. The van der Waals surface area contributed by atoms with Crippen molar-refractivity contribution in [1.82, 2.24) is 10.2 Å². The number of thioether (sulfide) groups is 1. The molecule has 3 atom stereocenters. The van der Waals surface area contributed by atoms with Gasteiger partial charge in [-0.15, -0.1) is 0 Å². The Morgan fingerprint density at radius 1 is 1.29 bits per heavy atom. The summed E-state index contributed by atoms with van der Waals surface area (Å²) in [6.07, 6.45) is 7.88. The third kappa shape index (κ3) is 3.39. The average Bonchev–Trinajstić information content (AvgIpc) is 2.53. The van der Waals surface area contributed by atoms with E-state index >= 15 is 0 Å². The molecule has 2 heterocycles. The summed E-state index contributed by atoms with van der Waals surface area (Å²) in [6, 6.07) is 2.55. The molecule has 2 aliphatic rings. The molecule has 0 aromatic heterocycles. The fraction of sp³-hybridized carbons (Fsp3) is 1.00. The van der Waals surface area contributed by atoms with Gasteiger partial charge in [-0.05, 0) is 50.2 Å². The number of nitrogens with one attached hydrogen (secondary N) is 1.